The molecule has 88 valence electrons. The zero-order valence-corrected chi connectivity index (χ0v) is 11.5. The molecule has 2 rings (SSSR count). The van der Waals surface area contributed by atoms with Gasteiger partial charge in [0.1, 0.15) is 5.82 Å². The summed E-state index contributed by atoms with van der Waals surface area (Å²) in [4.78, 5) is 8.42. The van der Waals surface area contributed by atoms with Gasteiger partial charge in [-0.2, -0.15) is 0 Å². The van der Waals surface area contributed by atoms with E-state index in [1.807, 2.05) is 25.1 Å². The Morgan fingerprint density at radius 3 is 2.76 bits per heavy atom. The number of halogens is 1. The van der Waals surface area contributed by atoms with Gasteiger partial charge in [0, 0.05) is 16.4 Å². The second-order valence-electron chi connectivity index (χ2n) is 3.91. The van der Waals surface area contributed by atoms with Crippen LogP contribution in [0.1, 0.15) is 17.1 Å². The maximum Gasteiger partial charge on any atom is 0.125 e. The third-order valence-electron chi connectivity index (χ3n) is 2.47. The Hall–Kier alpha value is -1.42. The number of benzene rings is 1. The minimum atomic E-state index is 0.713. The molecule has 0 atom stereocenters. The lowest BCUT2D eigenvalue weighted by molar-refractivity contribution is 0.955. The lowest BCUT2D eigenvalue weighted by atomic mass is 10.2. The first-order chi connectivity index (χ1) is 8.15. The van der Waals surface area contributed by atoms with E-state index in [4.69, 9.17) is 0 Å². The molecule has 4 heteroatoms. The minimum Gasteiger partial charge on any atom is -0.379 e. The Kier molecular flexibility index (Phi) is 3.74. The molecule has 2 aromatic rings. The second kappa shape index (κ2) is 5.27. The average Bonchev–Trinajstić information content (AvgIpc) is 2.31. The number of aryl methyl sites for hydroxylation is 2. The summed E-state index contributed by atoms with van der Waals surface area (Å²) in [5, 5.41) is 3.35. The molecule has 0 amide bonds. The molecule has 17 heavy (non-hydrogen) atoms. The van der Waals surface area contributed by atoms with Crippen molar-refractivity contribution in [3.8, 4) is 0 Å². The number of nitrogens with one attached hydrogen (secondary N) is 1. The third kappa shape index (κ3) is 3.27. The van der Waals surface area contributed by atoms with Crippen molar-refractivity contribution in [3.63, 3.8) is 0 Å². The second-order valence-corrected chi connectivity index (χ2v) is 4.77. The van der Waals surface area contributed by atoms with Crippen LogP contribution in [-0.4, -0.2) is 9.97 Å². The number of rotatable bonds is 3. The third-order valence-corrected chi connectivity index (χ3v) is 3.36. The van der Waals surface area contributed by atoms with Gasteiger partial charge in [-0.05, 0) is 43.7 Å². The van der Waals surface area contributed by atoms with Gasteiger partial charge in [0.25, 0.3) is 0 Å². The smallest absolute Gasteiger partial charge is 0.125 e. The molecule has 0 unspecified atom stereocenters. The van der Waals surface area contributed by atoms with Crippen molar-refractivity contribution in [2.45, 2.75) is 20.4 Å². The van der Waals surface area contributed by atoms with Gasteiger partial charge in [0.05, 0.1) is 12.2 Å². The van der Waals surface area contributed by atoms with Gasteiger partial charge in [-0.15, -0.1) is 0 Å². The standard InChI is InChI=1S/C13H14BrN3/c1-9-7-11(3-4-13(9)14)16-8-12-5-6-15-10(2)17-12/h3-7,16H,8H2,1-2H3. The fourth-order valence-corrected chi connectivity index (χ4v) is 1.80. The van der Waals surface area contributed by atoms with E-state index in [1.54, 1.807) is 6.20 Å². The SMILES string of the molecule is Cc1nccc(CNc2ccc(Br)c(C)c2)n1. The van der Waals surface area contributed by atoms with Crippen molar-refractivity contribution in [2.24, 2.45) is 0 Å². The number of hydrogen-bond acceptors (Lipinski definition) is 3. The van der Waals surface area contributed by atoms with Gasteiger partial charge < -0.3 is 5.32 Å². The van der Waals surface area contributed by atoms with Crippen LogP contribution in [-0.2, 0) is 6.54 Å². The summed E-state index contributed by atoms with van der Waals surface area (Å²) in [7, 11) is 0. The van der Waals surface area contributed by atoms with E-state index in [1.165, 1.54) is 5.56 Å². The summed E-state index contributed by atoms with van der Waals surface area (Å²) >= 11 is 3.49. The molecule has 0 bridgehead atoms. The minimum absolute atomic E-state index is 0.713. The number of aromatic nitrogens is 2. The van der Waals surface area contributed by atoms with E-state index >= 15 is 0 Å². The molecule has 0 fully saturated rings. The molecule has 0 aliphatic rings. The highest BCUT2D eigenvalue weighted by atomic mass is 79.9. The molecule has 0 saturated carbocycles. The molecular formula is C13H14BrN3. The Balaban J connectivity index is 2.05. The van der Waals surface area contributed by atoms with E-state index in [0.29, 0.717) is 6.54 Å². The van der Waals surface area contributed by atoms with E-state index in [-0.39, 0.29) is 0 Å². The summed E-state index contributed by atoms with van der Waals surface area (Å²) < 4.78 is 1.13. The Labute approximate surface area is 109 Å². The molecule has 1 N–H and O–H groups in total. The summed E-state index contributed by atoms with van der Waals surface area (Å²) in [5.74, 6) is 0.802. The van der Waals surface area contributed by atoms with Gasteiger partial charge in [-0.25, -0.2) is 9.97 Å². The number of nitrogens with zero attached hydrogens (tertiary/aromatic N) is 2. The van der Waals surface area contributed by atoms with Gasteiger partial charge in [-0.1, -0.05) is 15.9 Å². The van der Waals surface area contributed by atoms with E-state index in [2.05, 4.69) is 44.2 Å². The number of anilines is 1. The molecule has 0 spiro atoms. The predicted octanol–water partition coefficient (Wildman–Crippen LogP) is 3.47. The lowest BCUT2D eigenvalue weighted by Gasteiger charge is -2.08. The summed E-state index contributed by atoms with van der Waals surface area (Å²) in [6, 6.07) is 8.12. The summed E-state index contributed by atoms with van der Waals surface area (Å²) in [6.07, 6.45) is 1.78. The predicted molar refractivity (Wildman–Crippen MR) is 73.0 cm³/mol. The van der Waals surface area contributed by atoms with Crippen molar-refractivity contribution < 1.29 is 0 Å². The molecule has 0 aliphatic heterocycles. The number of hydrogen-bond donors (Lipinski definition) is 1. The summed E-state index contributed by atoms with van der Waals surface area (Å²) in [5.41, 5.74) is 3.31. The van der Waals surface area contributed by atoms with Crippen molar-refractivity contribution in [2.75, 3.05) is 5.32 Å². The van der Waals surface area contributed by atoms with Crippen molar-refractivity contribution in [3.05, 3.63) is 52.0 Å². The van der Waals surface area contributed by atoms with Crippen molar-refractivity contribution in [1.29, 1.82) is 0 Å². The van der Waals surface area contributed by atoms with Crippen LogP contribution in [0.15, 0.2) is 34.9 Å². The maximum atomic E-state index is 4.35. The zero-order valence-electron chi connectivity index (χ0n) is 9.87. The van der Waals surface area contributed by atoms with Crippen LogP contribution in [0.3, 0.4) is 0 Å². The normalized spacial score (nSPS) is 10.3. The van der Waals surface area contributed by atoms with Crippen LogP contribution < -0.4 is 5.32 Å². The van der Waals surface area contributed by atoms with Crippen LogP contribution in [0, 0.1) is 13.8 Å². The Morgan fingerprint density at radius 2 is 2.06 bits per heavy atom. The van der Waals surface area contributed by atoms with Crippen LogP contribution in [0.5, 0.6) is 0 Å². The Bertz CT molecular complexity index is 526. The van der Waals surface area contributed by atoms with Gasteiger partial charge in [0.2, 0.25) is 0 Å². The molecule has 1 aromatic heterocycles. The summed E-state index contributed by atoms with van der Waals surface area (Å²) in [6.45, 7) is 4.68. The monoisotopic (exact) mass is 291 g/mol. The van der Waals surface area contributed by atoms with Crippen molar-refractivity contribution >= 4 is 21.6 Å². The first-order valence-corrected chi connectivity index (χ1v) is 6.23. The van der Waals surface area contributed by atoms with E-state index in [0.717, 1.165) is 21.7 Å². The van der Waals surface area contributed by atoms with Crippen LogP contribution in [0.2, 0.25) is 0 Å². The Morgan fingerprint density at radius 1 is 1.24 bits per heavy atom. The van der Waals surface area contributed by atoms with Crippen LogP contribution in [0.4, 0.5) is 5.69 Å². The van der Waals surface area contributed by atoms with E-state index in [9.17, 15) is 0 Å². The molecule has 3 nitrogen and oxygen atoms in total. The van der Waals surface area contributed by atoms with E-state index < -0.39 is 0 Å². The maximum absolute atomic E-state index is 4.35. The highest BCUT2D eigenvalue weighted by Gasteiger charge is 1.99. The molecule has 1 aromatic carbocycles. The molecule has 0 radical (unpaired) electrons. The largest absolute Gasteiger partial charge is 0.379 e. The topological polar surface area (TPSA) is 37.8 Å². The first-order valence-electron chi connectivity index (χ1n) is 5.44. The molecule has 0 aliphatic carbocycles. The highest BCUT2D eigenvalue weighted by Crippen LogP contribution is 2.20. The lowest BCUT2D eigenvalue weighted by Crippen LogP contribution is -2.03. The molecular weight excluding hydrogens is 278 g/mol. The van der Waals surface area contributed by atoms with Crippen molar-refractivity contribution in [1.82, 2.24) is 9.97 Å². The fourth-order valence-electron chi connectivity index (χ4n) is 1.55. The average molecular weight is 292 g/mol. The molecule has 0 saturated heterocycles. The van der Waals surface area contributed by atoms with Gasteiger partial charge in [0.15, 0.2) is 0 Å². The van der Waals surface area contributed by atoms with Crippen LogP contribution in [0.25, 0.3) is 0 Å². The fraction of sp³-hybridized carbons (Fsp3) is 0.231. The van der Waals surface area contributed by atoms with Gasteiger partial charge >= 0.3 is 0 Å². The van der Waals surface area contributed by atoms with Crippen LogP contribution >= 0.6 is 15.9 Å². The quantitative estimate of drug-likeness (QED) is 0.941. The first kappa shape index (κ1) is 12.0. The van der Waals surface area contributed by atoms with Gasteiger partial charge in [-0.3, -0.25) is 0 Å². The zero-order chi connectivity index (χ0) is 12.3. The highest BCUT2D eigenvalue weighted by molar-refractivity contribution is 9.10. The molecule has 1 heterocycles.